The predicted molar refractivity (Wildman–Crippen MR) is 176 cm³/mol. The molecule has 1 aromatic heterocycles. The van der Waals surface area contributed by atoms with Gasteiger partial charge in [-0.15, -0.1) is 0 Å². The molecule has 0 saturated heterocycles. The maximum Gasteiger partial charge on any atom is 0.305 e. The highest BCUT2D eigenvalue weighted by molar-refractivity contribution is 9.14. The van der Waals surface area contributed by atoms with E-state index in [1.54, 1.807) is 0 Å². The third-order valence-corrected chi connectivity index (χ3v) is 12.7. The highest BCUT2D eigenvalue weighted by atomic mass is 79.9. The average Bonchev–Trinajstić information content (AvgIpc) is 3.70. The lowest BCUT2D eigenvalue weighted by Gasteiger charge is -2.45. The van der Waals surface area contributed by atoms with Gasteiger partial charge in [0.2, 0.25) is 0 Å². The third kappa shape index (κ3) is 5.42. The van der Waals surface area contributed by atoms with E-state index in [-0.39, 0.29) is 30.7 Å². The first-order valence-electron chi connectivity index (χ1n) is 13.7. The van der Waals surface area contributed by atoms with Crippen LogP contribution in [-0.2, 0) is 19.1 Å². The van der Waals surface area contributed by atoms with E-state index >= 15 is 0 Å². The van der Waals surface area contributed by atoms with Crippen LogP contribution in [0.2, 0.25) is 0 Å². The molecule has 0 amide bonds. The van der Waals surface area contributed by atoms with Crippen LogP contribution < -0.4 is 16.0 Å². The smallest absolute Gasteiger partial charge is 0.305 e. The number of fused-ring (bicyclic) bond motifs is 6. The monoisotopic (exact) mass is 762 g/mol. The molecule has 4 aliphatic rings. The Labute approximate surface area is 270 Å². The second-order valence-electron chi connectivity index (χ2n) is 11.0. The summed E-state index contributed by atoms with van der Waals surface area (Å²) in [6.07, 6.45) is 11.2. The normalized spacial score (nSPS) is 32.9. The van der Waals surface area contributed by atoms with Gasteiger partial charge in [0, 0.05) is 33.9 Å². The van der Waals surface area contributed by atoms with Crippen molar-refractivity contribution in [3.63, 3.8) is 0 Å². The number of ether oxygens (including phenoxy) is 2. The van der Waals surface area contributed by atoms with Crippen molar-refractivity contribution >= 4 is 83.3 Å². The van der Waals surface area contributed by atoms with Crippen molar-refractivity contribution in [2.75, 3.05) is 14.2 Å². The molecular weight excluding hydrogens is 732 g/mol. The number of hydrogen-bond acceptors (Lipinski definition) is 7. The largest absolute Gasteiger partial charge is 0.469 e. The van der Waals surface area contributed by atoms with E-state index in [4.69, 9.17) is 19.5 Å². The maximum atomic E-state index is 12.6. The average molecular weight is 765 g/mol. The Morgan fingerprint density at radius 1 is 1.02 bits per heavy atom. The van der Waals surface area contributed by atoms with Gasteiger partial charge in [0.15, 0.2) is 0 Å². The summed E-state index contributed by atoms with van der Waals surface area (Å²) in [5.74, 6) is -0.859. The van der Waals surface area contributed by atoms with Gasteiger partial charge in [-0.2, -0.15) is 0 Å². The summed E-state index contributed by atoms with van der Waals surface area (Å²) in [6, 6.07) is 4.02. The maximum absolute atomic E-state index is 12.6. The second kappa shape index (κ2) is 11.6. The summed E-state index contributed by atoms with van der Waals surface area (Å²) < 4.78 is 9.45. The number of carbonyl (C=O) groups excluding carboxylic acids is 2. The van der Waals surface area contributed by atoms with Crippen molar-refractivity contribution in [1.29, 1.82) is 0 Å². The van der Waals surface area contributed by atoms with E-state index in [1.165, 1.54) is 14.2 Å². The number of nitrogens with zero attached hydrogens (tertiary/aromatic N) is 2. The lowest BCUT2D eigenvalue weighted by Crippen LogP contribution is -2.56. The first-order chi connectivity index (χ1) is 19.8. The molecule has 0 aliphatic carbocycles. The van der Waals surface area contributed by atoms with Crippen molar-refractivity contribution in [1.82, 2.24) is 10.3 Å². The Bertz CT molecular complexity index is 1670. The molecule has 5 rings (SSSR count). The second-order valence-corrected chi connectivity index (χ2v) is 14.3. The van der Waals surface area contributed by atoms with Crippen molar-refractivity contribution in [2.24, 2.45) is 15.9 Å². The van der Waals surface area contributed by atoms with Crippen molar-refractivity contribution in [2.45, 2.75) is 60.9 Å². The molecule has 42 heavy (non-hydrogen) atoms. The first-order valence-corrected chi connectivity index (χ1v) is 16.1. The SMILES string of the molecule is COC(=O)CCC1=C(C)C2=NC1(CCC(=O)OC)C(C)C1(Br)NC(Br)(/C=C3/C=CC(=N3)/C=c3/cc/c([nH]3)=C/2)C(Br)=C1C. The minimum Gasteiger partial charge on any atom is -0.469 e. The van der Waals surface area contributed by atoms with Crippen LogP contribution in [0.4, 0.5) is 0 Å². The van der Waals surface area contributed by atoms with E-state index in [1.807, 2.05) is 49.4 Å². The Kier molecular flexibility index (Phi) is 8.61. The van der Waals surface area contributed by atoms with E-state index < -0.39 is 14.4 Å². The fourth-order valence-electron chi connectivity index (χ4n) is 6.27. The highest BCUT2D eigenvalue weighted by Crippen LogP contribution is 2.57. The zero-order valence-corrected chi connectivity index (χ0v) is 28.9. The molecule has 4 unspecified atom stereocenters. The molecule has 0 aromatic carbocycles. The lowest BCUT2D eigenvalue weighted by atomic mass is 9.70. The summed E-state index contributed by atoms with van der Waals surface area (Å²) in [5.41, 5.74) is 4.59. The number of esters is 2. The zero-order chi connectivity index (χ0) is 30.4. The topological polar surface area (TPSA) is 105 Å². The molecule has 1 aromatic rings. The number of allylic oxidation sites excluding steroid dienone is 3. The summed E-state index contributed by atoms with van der Waals surface area (Å²) in [4.78, 5) is 38.7. The summed E-state index contributed by atoms with van der Waals surface area (Å²) in [7, 11) is 2.79. The molecule has 0 saturated carbocycles. The number of halogens is 3. The van der Waals surface area contributed by atoms with Gasteiger partial charge in [-0.3, -0.25) is 19.9 Å². The van der Waals surface area contributed by atoms with Crippen LogP contribution in [0.3, 0.4) is 0 Å². The van der Waals surface area contributed by atoms with Crippen LogP contribution in [0.1, 0.15) is 46.5 Å². The van der Waals surface area contributed by atoms with Crippen LogP contribution in [0, 0.1) is 5.92 Å². The number of rotatable bonds is 6. The fraction of sp³-hybridized carbons (Fsp3) is 0.419. The molecule has 2 N–H and O–H groups in total. The van der Waals surface area contributed by atoms with E-state index in [9.17, 15) is 9.59 Å². The number of aromatic nitrogens is 1. The van der Waals surface area contributed by atoms with E-state index in [2.05, 4.69) is 71.9 Å². The molecule has 8 bridgehead atoms. The van der Waals surface area contributed by atoms with Crippen LogP contribution >= 0.6 is 47.8 Å². The van der Waals surface area contributed by atoms with Crippen molar-refractivity contribution in [3.8, 4) is 0 Å². The van der Waals surface area contributed by atoms with Gasteiger partial charge in [-0.1, -0.05) is 54.7 Å². The number of alkyl halides is 2. The van der Waals surface area contributed by atoms with E-state index in [0.29, 0.717) is 12.8 Å². The molecule has 8 nitrogen and oxygen atoms in total. The fourth-order valence-corrected chi connectivity index (χ4v) is 9.06. The number of H-pyrrole nitrogens is 1. The Morgan fingerprint density at radius 3 is 2.38 bits per heavy atom. The van der Waals surface area contributed by atoms with Gasteiger partial charge in [0.25, 0.3) is 0 Å². The molecule has 4 atom stereocenters. The molecule has 222 valence electrons. The molecule has 0 spiro atoms. The number of aliphatic imine (C=N–C) groups is 2. The first kappa shape index (κ1) is 31.1. The molecule has 0 radical (unpaired) electrons. The van der Waals surface area contributed by atoms with Crippen LogP contribution in [-0.4, -0.2) is 57.0 Å². The Morgan fingerprint density at radius 2 is 1.69 bits per heavy atom. The Hall–Kier alpha value is -2.34. The van der Waals surface area contributed by atoms with Gasteiger partial charge in [0.05, 0.1) is 36.9 Å². The summed E-state index contributed by atoms with van der Waals surface area (Å²) in [6.45, 7) is 6.23. The number of methoxy groups -OCH3 is 2. The van der Waals surface area contributed by atoms with Gasteiger partial charge in [-0.05, 0) is 85.9 Å². The van der Waals surface area contributed by atoms with Crippen LogP contribution in [0.25, 0.3) is 12.2 Å². The minimum atomic E-state index is -0.855. The molecule has 4 aliphatic heterocycles. The minimum absolute atomic E-state index is 0.160. The molecule has 5 heterocycles. The number of nitrogens with one attached hydrogen (secondary N) is 2. The Balaban J connectivity index is 1.78. The number of hydrogen-bond donors (Lipinski definition) is 2. The predicted octanol–water partition coefficient (Wildman–Crippen LogP) is 4.99. The van der Waals surface area contributed by atoms with E-state index in [0.717, 1.165) is 49.0 Å². The number of carbonyl (C=O) groups is 2. The molecule has 11 heteroatoms. The van der Waals surface area contributed by atoms with Crippen LogP contribution in [0.5, 0.6) is 0 Å². The van der Waals surface area contributed by atoms with Crippen molar-refractivity contribution < 1.29 is 19.1 Å². The van der Waals surface area contributed by atoms with Crippen LogP contribution in [0.15, 0.2) is 67.2 Å². The summed E-state index contributed by atoms with van der Waals surface area (Å²) >= 11 is 12.0. The lowest BCUT2D eigenvalue weighted by molar-refractivity contribution is -0.142. The quantitative estimate of drug-likeness (QED) is 0.242. The van der Waals surface area contributed by atoms with Gasteiger partial charge in [0.1, 0.15) is 8.90 Å². The van der Waals surface area contributed by atoms with Crippen molar-refractivity contribution in [3.05, 3.63) is 68.0 Å². The standard InChI is InChI=1S/C31H33Br3N4O4/c1-17-24(10-11-26(39)41-4)29(13-12-27(40)42-5)19(3)31(34)18(2)28(32)30(33,38-31)16-23-9-8-21(36-23)14-20-6-7-22(35-20)15-25(17)37-29/h6-9,14-16,19,35,38H,10-13H2,1-5H3/b20-14-,22-15-,23-16-. The molecule has 0 fully saturated rings. The molecular formula is C31H33Br3N4O4. The highest BCUT2D eigenvalue weighted by Gasteiger charge is 2.58. The van der Waals surface area contributed by atoms with Gasteiger partial charge in [-0.25, -0.2) is 4.99 Å². The number of aromatic amines is 1. The zero-order valence-electron chi connectivity index (χ0n) is 24.1. The summed E-state index contributed by atoms with van der Waals surface area (Å²) in [5, 5.41) is 5.59. The van der Waals surface area contributed by atoms with Gasteiger partial charge >= 0.3 is 11.9 Å². The van der Waals surface area contributed by atoms with Gasteiger partial charge < -0.3 is 14.5 Å². The third-order valence-electron chi connectivity index (χ3n) is 8.65.